The van der Waals surface area contributed by atoms with Crippen LogP contribution in [0.1, 0.15) is 36.6 Å². The normalized spacial score (nSPS) is 17.5. The average molecular weight is 344 g/mol. The van der Waals surface area contributed by atoms with Gasteiger partial charge >= 0.3 is 0 Å². The van der Waals surface area contributed by atoms with Gasteiger partial charge in [-0.2, -0.15) is 4.31 Å². The summed E-state index contributed by atoms with van der Waals surface area (Å²) in [6.45, 7) is 5.56. The number of fused-ring (bicyclic) bond motifs is 1. The van der Waals surface area contributed by atoms with Gasteiger partial charge < -0.3 is 5.32 Å². The molecule has 1 aliphatic heterocycles. The van der Waals surface area contributed by atoms with Crippen molar-refractivity contribution in [3.05, 3.63) is 59.2 Å². The number of benzene rings is 2. The first-order valence-corrected chi connectivity index (χ1v) is 9.22. The lowest BCUT2D eigenvalue weighted by Crippen LogP contribution is -2.28. The van der Waals surface area contributed by atoms with Crippen molar-refractivity contribution in [3.63, 3.8) is 0 Å². The van der Waals surface area contributed by atoms with E-state index < -0.39 is 10.0 Å². The highest BCUT2D eigenvalue weighted by atomic mass is 32.2. The molecule has 1 unspecified atom stereocenters. The van der Waals surface area contributed by atoms with Crippen LogP contribution >= 0.6 is 0 Å². The van der Waals surface area contributed by atoms with Crippen molar-refractivity contribution in [2.24, 2.45) is 0 Å². The maximum Gasteiger partial charge on any atom is 0.243 e. The number of carbonyl (C=O) groups is 1. The summed E-state index contributed by atoms with van der Waals surface area (Å²) in [5.74, 6) is -0.148. The molecule has 1 amide bonds. The number of sulfonamides is 1. The molecule has 0 bridgehead atoms. The quantitative estimate of drug-likeness (QED) is 0.930. The smallest absolute Gasteiger partial charge is 0.243 e. The van der Waals surface area contributed by atoms with Crippen molar-refractivity contribution in [2.45, 2.75) is 38.3 Å². The van der Waals surface area contributed by atoms with Crippen molar-refractivity contribution in [2.75, 3.05) is 5.32 Å². The Kier molecular flexibility index (Phi) is 4.19. The number of nitrogens with zero attached hydrogens (tertiary/aromatic N) is 1. The third-order valence-corrected chi connectivity index (χ3v) is 6.23. The standard InChI is InChI=1S/C18H20N2O3S/c1-12-4-7-17(8-5-12)24(22,23)20-11-15-10-16(19-14(3)21)6-9-18(15)13(20)2/h4-10,13H,11H2,1-3H3,(H,19,21). The number of anilines is 1. The largest absolute Gasteiger partial charge is 0.326 e. The summed E-state index contributed by atoms with van der Waals surface area (Å²) in [5.41, 5.74) is 3.60. The van der Waals surface area contributed by atoms with Crippen LogP contribution in [0.4, 0.5) is 5.69 Å². The Morgan fingerprint density at radius 2 is 1.83 bits per heavy atom. The van der Waals surface area contributed by atoms with Gasteiger partial charge in [0.25, 0.3) is 0 Å². The summed E-state index contributed by atoms with van der Waals surface area (Å²) in [5, 5.41) is 2.73. The number of rotatable bonds is 3. The molecule has 2 aromatic rings. The molecule has 24 heavy (non-hydrogen) atoms. The SMILES string of the molecule is CC(=O)Nc1ccc2c(c1)CN(S(=O)(=O)c1ccc(C)cc1)C2C. The van der Waals surface area contributed by atoms with Gasteiger partial charge in [-0.25, -0.2) is 8.42 Å². The van der Waals surface area contributed by atoms with Gasteiger partial charge in [0.05, 0.1) is 4.90 Å². The Balaban J connectivity index is 1.93. The summed E-state index contributed by atoms with van der Waals surface area (Å²) in [7, 11) is -3.56. The number of carbonyl (C=O) groups excluding carboxylic acids is 1. The first-order valence-electron chi connectivity index (χ1n) is 7.78. The third-order valence-electron chi connectivity index (χ3n) is 4.30. The monoisotopic (exact) mass is 344 g/mol. The Bertz CT molecular complexity index is 889. The van der Waals surface area contributed by atoms with E-state index in [9.17, 15) is 13.2 Å². The Labute approximate surface area is 142 Å². The number of hydrogen-bond donors (Lipinski definition) is 1. The molecule has 0 aromatic heterocycles. The van der Waals surface area contributed by atoms with E-state index in [2.05, 4.69) is 5.32 Å². The number of hydrogen-bond acceptors (Lipinski definition) is 3. The Hall–Kier alpha value is -2.18. The van der Waals surface area contributed by atoms with E-state index in [-0.39, 0.29) is 11.9 Å². The van der Waals surface area contributed by atoms with Gasteiger partial charge in [0, 0.05) is 25.2 Å². The molecule has 2 aromatic carbocycles. The second kappa shape index (κ2) is 6.03. The highest BCUT2D eigenvalue weighted by molar-refractivity contribution is 7.89. The van der Waals surface area contributed by atoms with Gasteiger partial charge in [-0.15, -0.1) is 0 Å². The molecular formula is C18H20N2O3S. The fourth-order valence-electron chi connectivity index (χ4n) is 3.03. The van der Waals surface area contributed by atoms with Crippen LogP contribution in [0.5, 0.6) is 0 Å². The van der Waals surface area contributed by atoms with Crippen LogP contribution < -0.4 is 5.32 Å². The zero-order valence-corrected chi connectivity index (χ0v) is 14.7. The van der Waals surface area contributed by atoms with E-state index in [1.165, 1.54) is 11.2 Å². The lowest BCUT2D eigenvalue weighted by molar-refractivity contribution is -0.114. The molecule has 6 heteroatoms. The molecule has 1 aliphatic rings. The molecule has 126 valence electrons. The molecule has 1 heterocycles. The van der Waals surface area contributed by atoms with Gasteiger partial charge in [-0.1, -0.05) is 23.8 Å². The van der Waals surface area contributed by atoms with Crippen molar-refractivity contribution in [3.8, 4) is 0 Å². The van der Waals surface area contributed by atoms with Crippen molar-refractivity contribution in [1.29, 1.82) is 0 Å². The Morgan fingerprint density at radius 3 is 2.46 bits per heavy atom. The van der Waals surface area contributed by atoms with E-state index in [0.29, 0.717) is 17.1 Å². The van der Waals surface area contributed by atoms with E-state index in [1.54, 1.807) is 30.3 Å². The van der Waals surface area contributed by atoms with Gasteiger partial charge in [0.2, 0.25) is 15.9 Å². The first-order chi connectivity index (χ1) is 11.3. The molecule has 0 saturated carbocycles. The summed E-state index contributed by atoms with van der Waals surface area (Å²) in [6.07, 6.45) is 0. The number of aryl methyl sites for hydroxylation is 1. The molecule has 1 atom stereocenters. The van der Waals surface area contributed by atoms with Crippen LogP contribution in [0.25, 0.3) is 0 Å². The van der Waals surface area contributed by atoms with E-state index in [0.717, 1.165) is 16.7 Å². The maximum atomic E-state index is 12.9. The lowest BCUT2D eigenvalue weighted by atomic mass is 10.1. The topological polar surface area (TPSA) is 66.5 Å². The van der Waals surface area contributed by atoms with E-state index in [4.69, 9.17) is 0 Å². The molecule has 0 aliphatic carbocycles. The van der Waals surface area contributed by atoms with Gasteiger partial charge in [-0.05, 0) is 49.2 Å². The lowest BCUT2D eigenvalue weighted by Gasteiger charge is -2.21. The minimum absolute atomic E-state index is 0.148. The van der Waals surface area contributed by atoms with Gasteiger partial charge in [0.1, 0.15) is 0 Å². The molecule has 0 radical (unpaired) electrons. The summed E-state index contributed by atoms with van der Waals surface area (Å²) in [6, 6.07) is 12.2. The van der Waals surface area contributed by atoms with Crippen molar-refractivity contribution < 1.29 is 13.2 Å². The fourth-order valence-corrected chi connectivity index (χ4v) is 4.62. The molecule has 0 spiro atoms. The van der Waals surface area contributed by atoms with Crippen molar-refractivity contribution in [1.82, 2.24) is 4.31 Å². The first kappa shape index (κ1) is 16.7. The molecule has 0 saturated heterocycles. The van der Waals surface area contributed by atoms with Gasteiger partial charge in [0.15, 0.2) is 0 Å². The highest BCUT2D eigenvalue weighted by Gasteiger charge is 2.36. The van der Waals surface area contributed by atoms with Crippen LogP contribution in [0.3, 0.4) is 0 Å². The molecule has 5 nitrogen and oxygen atoms in total. The van der Waals surface area contributed by atoms with E-state index >= 15 is 0 Å². The molecule has 1 N–H and O–H groups in total. The predicted molar refractivity (Wildman–Crippen MR) is 93.1 cm³/mol. The zero-order chi connectivity index (χ0) is 17.5. The van der Waals surface area contributed by atoms with E-state index in [1.807, 2.05) is 26.0 Å². The maximum absolute atomic E-state index is 12.9. The Morgan fingerprint density at radius 1 is 1.17 bits per heavy atom. The van der Waals surface area contributed by atoms with Crippen LogP contribution in [0.15, 0.2) is 47.4 Å². The number of amides is 1. The molecular weight excluding hydrogens is 324 g/mol. The zero-order valence-electron chi connectivity index (χ0n) is 13.9. The second-order valence-electron chi connectivity index (χ2n) is 6.13. The summed E-state index contributed by atoms with van der Waals surface area (Å²) >= 11 is 0. The average Bonchev–Trinajstić information content (AvgIpc) is 2.84. The van der Waals surface area contributed by atoms with Crippen LogP contribution in [-0.4, -0.2) is 18.6 Å². The fraction of sp³-hybridized carbons (Fsp3) is 0.278. The summed E-state index contributed by atoms with van der Waals surface area (Å²) < 4.78 is 27.4. The highest BCUT2D eigenvalue weighted by Crippen LogP contribution is 2.38. The minimum atomic E-state index is -3.56. The molecule has 3 rings (SSSR count). The van der Waals surface area contributed by atoms with Crippen LogP contribution in [0.2, 0.25) is 0 Å². The van der Waals surface area contributed by atoms with Crippen molar-refractivity contribution >= 4 is 21.6 Å². The third kappa shape index (κ3) is 2.95. The second-order valence-corrected chi connectivity index (χ2v) is 8.02. The minimum Gasteiger partial charge on any atom is -0.326 e. The molecule has 0 fully saturated rings. The van der Waals surface area contributed by atoms with Crippen LogP contribution in [-0.2, 0) is 21.4 Å². The summed E-state index contributed by atoms with van der Waals surface area (Å²) in [4.78, 5) is 11.5. The number of nitrogens with one attached hydrogen (secondary N) is 1. The predicted octanol–water partition coefficient (Wildman–Crippen LogP) is 3.22. The van der Waals surface area contributed by atoms with Crippen LogP contribution in [0, 0.1) is 6.92 Å². The van der Waals surface area contributed by atoms with Gasteiger partial charge in [-0.3, -0.25) is 4.79 Å².